The molecular formula is C50H31N3. The van der Waals surface area contributed by atoms with Gasteiger partial charge in [0.15, 0.2) is 17.5 Å². The lowest BCUT2D eigenvalue weighted by Crippen LogP contribution is -2.25. The summed E-state index contributed by atoms with van der Waals surface area (Å²) in [4.78, 5) is 15.7. The Kier molecular flexibility index (Phi) is 6.47. The number of benzene rings is 8. The van der Waals surface area contributed by atoms with Crippen molar-refractivity contribution in [2.75, 3.05) is 0 Å². The smallest absolute Gasteiger partial charge is 0.164 e. The van der Waals surface area contributed by atoms with Gasteiger partial charge in [0.2, 0.25) is 0 Å². The van der Waals surface area contributed by atoms with Crippen molar-refractivity contribution in [2.24, 2.45) is 0 Å². The molecule has 1 unspecified atom stereocenters. The van der Waals surface area contributed by atoms with Crippen LogP contribution in [-0.2, 0) is 5.41 Å². The molecule has 0 amide bonds. The fourth-order valence-corrected chi connectivity index (χ4v) is 8.95. The largest absolute Gasteiger partial charge is 0.208 e. The Bertz CT molecular complexity index is 2900. The van der Waals surface area contributed by atoms with Crippen molar-refractivity contribution >= 4 is 10.8 Å². The third kappa shape index (κ3) is 4.31. The number of rotatable bonds is 4. The molecule has 0 aliphatic heterocycles. The number of aromatic nitrogens is 3. The molecule has 0 saturated heterocycles. The van der Waals surface area contributed by atoms with Crippen molar-refractivity contribution in [1.82, 2.24) is 15.0 Å². The third-order valence-corrected chi connectivity index (χ3v) is 11.1. The van der Waals surface area contributed by atoms with Crippen LogP contribution < -0.4 is 0 Å². The molecule has 0 N–H and O–H groups in total. The van der Waals surface area contributed by atoms with Gasteiger partial charge in [-0.15, -0.1) is 0 Å². The number of fused-ring (bicyclic) bond motifs is 12. The van der Waals surface area contributed by atoms with E-state index in [1.807, 2.05) is 24.3 Å². The molecule has 3 nitrogen and oxygen atoms in total. The summed E-state index contributed by atoms with van der Waals surface area (Å²) in [7, 11) is 0. The standard InChI is InChI=1S/C50H31N3/c1-3-15-32(16-4-1)35-20-13-21-36(31-35)48-51-47(34-18-5-2-6-19-34)52-49(53-48)40-25-14-28-43-46(40)39-24-10-12-27-42(39)50(43)41-26-11-9-23-38(41)45-37-22-8-7-17-33(37)29-30-44(45)50/h1-31H. The Hall–Kier alpha value is -6.97. The summed E-state index contributed by atoms with van der Waals surface area (Å²) in [5.41, 5.74) is 14.9. The van der Waals surface area contributed by atoms with E-state index < -0.39 is 5.41 Å². The van der Waals surface area contributed by atoms with Crippen molar-refractivity contribution in [3.05, 3.63) is 210 Å². The Morgan fingerprint density at radius 2 is 0.811 bits per heavy atom. The van der Waals surface area contributed by atoms with Crippen LogP contribution in [0.2, 0.25) is 0 Å². The van der Waals surface area contributed by atoms with Gasteiger partial charge in [0, 0.05) is 16.7 Å². The van der Waals surface area contributed by atoms with Gasteiger partial charge in [-0.25, -0.2) is 15.0 Å². The van der Waals surface area contributed by atoms with Crippen LogP contribution in [0.1, 0.15) is 22.3 Å². The minimum atomic E-state index is -0.486. The molecule has 246 valence electrons. The third-order valence-electron chi connectivity index (χ3n) is 11.1. The summed E-state index contributed by atoms with van der Waals surface area (Å²) < 4.78 is 0. The summed E-state index contributed by atoms with van der Waals surface area (Å²) in [5, 5.41) is 2.53. The van der Waals surface area contributed by atoms with Gasteiger partial charge in [-0.2, -0.15) is 0 Å². The molecule has 1 atom stereocenters. The van der Waals surface area contributed by atoms with Crippen molar-refractivity contribution in [3.8, 4) is 67.5 Å². The van der Waals surface area contributed by atoms with Crippen LogP contribution in [0.4, 0.5) is 0 Å². The first-order valence-corrected chi connectivity index (χ1v) is 18.1. The fourth-order valence-electron chi connectivity index (χ4n) is 8.95. The van der Waals surface area contributed by atoms with Gasteiger partial charge in [-0.1, -0.05) is 182 Å². The normalized spacial score (nSPS) is 14.9. The number of hydrogen-bond donors (Lipinski definition) is 0. The van der Waals surface area contributed by atoms with Crippen LogP contribution in [0.3, 0.4) is 0 Å². The molecule has 8 aromatic carbocycles. The molecule has 2 aliphatic rings. The van der Waals surface area contributed by atoms with E-state index in [9.17, 15) is 0 Å². The summed E-state index contributed by atoms with van der Waals surface area (Å²) in [5.74, 6) is 1.96. The second-order valence-electron chi connectivity index (χ2n) is 13.9. The molecule has 0 bridgehead atoms. The first kappa shape index (κ1) is 29.7. The lowest BCUT2D eigenvalue weighted by atomic mass is 9.70. The van der Waals surface area contributed by atoms with Gasteiger partial charge in [0.25, 0.3) is 0 Å². The molecule has 1 aromatic heterocycles. The first-order valence-electron chi connectivity index (χ1n) is 18.1. The maximum Gasteiger partial charge on any atom is 0.164 e. The second-order valence-corrected chi connectivity index (χ2v) is 13.9. The molecule has 1 heterocycles. The van der Waals surface area contributed by atoms with Gasteiger partial charge in [0.05, 0.1) is 5.41 Å². The molecule has 9 aromatic rings. The minimum Gasteiger partial charge on any atom is -0.208 e. The average Bonchev–Trinajstić information content (AvgIpc) is 3.72. The Labute approximate surface area is 308 Å². The second kappa shape index (κ2) is 11.5. The summed E-state index contributed by atoms with van der Waals surface area (Å²) in [6.45, 7) is 0. The highest BCUT2D eigenvalue weighted by atomic mass is 15.0. The zero-order valence-electron chi connectivity index (χ0n) is 28.7. The van der Waals surface area contributed by atoms with E-state index in [1.54, 1.807) is 0 Å². The van der Waals surface area contributed by atoms with Crippen molar-refractivity contribution in [2.45, 2.75) is 5.41 Å². The van der Waals surface area contributed by atoms with Crippen LogP contribution in [0.25, 0.3) is 78.3 Å². The van der Waals surface area contributed by atoms with E-state index in [4.69, 9.17) is 15.0 Å². The SMILES string of the molecule is c1ccc(-c2cccc(-c3nc(-c4ccccc4)nc(-c4cccc5c4-c4ccccc4C54c5ccccc5-c5c4ccc4ccccc54)n3)c2)cc1. The van der Waals surface area contributed by atoms with Crippen LogP contribution in [-0.4, -0.2) is 15.0 Å². The minimum absolute atomic E-state index is 0.486. The molecule has 1 spiro atoms. The van der Waals surface area contributed by atoms with E-state index in [0.717, 1.165) is 27.8 Å². The van der Waals surface area contributed by atoms with Crippen molar-refractivity contribution in [1.29, 1.82) is 0 Å². The number of nitrogens with zero attached hydrogens (tertiary/aromatic N) is 3. The average molecular weight is 674 g/mol. The molecule has 0 radical (unpaired) electrons. The zero-order valence-corrected chi connectivity index (χ0v) is 28.7. The molecule has 0 fully saturated rings. The molecular weight excluding hydrogens is 643 g/mol. The van der Waals surface area contributed by atoms with Gasteiger partial charge in [-0.05, 0) is 72.5 Å². The molecule has 53 heavy (non-hydrogen) atoms. The van der Waals surface area contributed by atoms with E-state index in [1.165, 1.54) is 55.3 Å². The van der Waals surface area contributed by atoms with Crippen LogP contribution in [0.15, 0.2) is 188 Å². The van der Waals surface area contributed by atoms with E-state index in [-0.39, 0.29) is 0 Å². The first-order chi connectivity index (χ1) is 26.3. The Morgan fingerprint density at radius 1 is 0.302 bits per heavy atom. The van der Waals surface area contributed by atoms with Crippen molar-refractivity contribution < 1.29 is 0 Å². The van der Waals surface area contributed by atoms with Gasteiger partial charge in [0.1, 0.15) is 0 Å². The highest BCUT2D eigenvalue weighted by Gasteiger charge is 2.52. The Morgan fingerprint density at radius 3 is 1.58 bits per heavy atom. The maximum absolute atomic E-state index is 5.31. The molecule has 0 saturated carbocycles. The molecule has 3 heteroatoms. The van der Waals surface area contributed by atoms with E-state index >= 15 is 0 Å². The molecule has 11 rings (SSSR count). The van der Waals surface area contributed by atoms with Crippen LogP contribution in [0.5, 0.6) is 0 Å². The number of hydrogen-bond acceptors (Lipinski definition) is 3. The predicted octanol–water partition coefficient (Wildman–Crippen LogP) is 12.0. The van der Waals surface area contributed by atoms with E-state index in [0.29, 0.717) is 17.5 Å². The quantitative estimate of drug-likeness (QED) is 0.187. The van der Waals surface area contributed by atoms with Gasteiger partial charge in [-0.3, -0.25) is 0 Å². The maximum atomic E-state index is 5.31. The summed E-state index contributed by atoms with van der Waals surface area (Å²) in [6, 6.07) is 67.2. The molecule has 2 aliphatic carbocycles. The zero-order chi connectivity index (χ0) is 34.9. The van der Waals surface area contributed by atoms with E-state index in [2.05, 4.69) is 164 Å². The highest BCUT2D eigenvalue weighted by molar-refractivity contribution is 6.07. The predicted molar refractivity (Wildman–Crippen MR) is 215 cm³/mol. The van der Waals surface area contributed by atoms with Gasteiger partial charge < -0.3 is 0 Å². The fraction of sp³-hybridized carbons (Fsp3) is 0.0200. The summed E-state index contributed by atoms with van der Waals surface area (Å²) >= 11 is 0. The highest BCUT2D eigenvalue weighted by Crippen LogP contribution is 2.64. The topological polar surface area (TPSA) is 38.7 Å². The Balaban J connectivity index is 1.19. The lowest BCUT2D eigenvalue weighted by Gasteiger charge is -2.30. The van der Waals surface area contributed by atoms with Gasteiger partial charge >= 0.3 is 0 Å². The monoisotopic (exact) mass is 673 g/mol. The van der Waals surface area contributed by atoms with Crippen LogP contribution >= 0.6 is 0 Å². The van der Waals surface area contributed by atoms with Crippen LogP contribution in [0, 0.1) is 0 Å². The summed E-state index contributed by atoms with van der Waals surface area (Å²) in [6.07, 6.45) is 0. The lowest BCUT2D eigenvalue weighted by molar-refractivity contribution is 0.794. The van der Waals surface area contributed by atoms with Crippen molar-refractivity contribution in [3.63, 3.8) is 0 Å².